The summed E-state index contributed by atoms with van der Waals surface area (Å²) < 4.78 is 0. The number of nitrogens with zero attached hydrogens (tertiary/aromatic N) is 1. The number of carbonyl (C=O) groups is 1. The molecule has 4 rings (SSSR count). The van der Waals surface area contributed by atoms with Gasteiger partial charge in [-0.3, -0.25) is 4.79 Å². The molecule has 134 valence electrons. The van der Waals surface area contributed by atoms with Gasteiger partial charge in [0.2, 0.25) is 0 Å². The Kier molecular flexibility index (Phi) is 4.51. The van der Waals surface area contributed by atoms with Gasteiger partial charge in [0.25, 0.3) is 5.91 Å². The summed E-state index contributed by atoms with van der Waals surface area (Å²) in [6.07, 6.45) is 0. The van der Waals surface area contributed by atoms with Crippen LogP contribution >= 0.6 is 0 Å². The second-order valence-corrected chi connectivity index (χ2v) is 6.86. The van der Waals surface area contributed by atoms with Crippen molar-refractivity contribution in [2.24, 2.45) is 0 Å². The summed E-state index contributed by atoms with van der Waals surface area (Å²) in [5.74, 6) is -0.494. The minimum absolute atomic E-state index is 0.163. The molecule has 1 amide bonds. The van der Waals surface area contributed by atoms with Gasteiger partial charge in [0, 0.05) is 12.1 Å². The van der Waals surface area contributed by atoms with Crippen LogP contribution in [0.2, 0.25) is 0 Å². The zero-order valence-electron chi connectivity index (χ0n) is 15.2. The van der Waals surface area contributed by atoms with Crippen molar-refractivity contribution in [3.8, 4) is 0 Å². The molecule has 1 N–H and O–H groups in total. The third kappa shape index (κ3) is 3.24. The Morgan fingerprint density at radius 1 is 0.852 bits per heavy atom. The number of aliphatic hydroxyl groups excluding tert-OH is 1. The van der Waals surface area contributed by atoms with Crippen LogP contribution in [0.25, 0.3) is 5.57 Å². The van der Waals surface area contributed by atoms with E-state index in [1.54, 1.807) is 4.90 Å². The average molecular weight is 355 g/mol. The summed E-state index contributed by atoms with van der Waals surface area (Å²) in [5.41, 5.74) is 4.70. The van der Waals surface area contributed by atoms with Crippen LogP contribution in [0.15, 0.2) is 90.7 Å². The number of aryl methyl sites for hydroxylation is 1. The molecule has 3 nitrogen and oxygen atoms in total. The Hall–Kier alpha value is -3.33. The molecule has 0 fully saturated rings. The van der Waals surface area contributed by atoms with Crippen molar-refractivity contribution < 1.29 is 9.90 Å². The van der Waals surface area contributed by atoms with E-state index in [1.807, 2.05) is 91.9 Å². The van der Waals surface area contributed by atoms with Gasteiger partial charge in [-0.1, -0.05) is 90.5 Å². The number of aliphatic hydroxyl groups is 1. The van der Waals surface area contributed by atoms with E-state index < -0.39 is 0 Å². The van der Waals surface area contributed by atoms with E-state index in [0.717, 1.165) is 22.3 Å². The number of hydrogen-bond donors (Lipinski definition) is 1. The fraction of sp³-hybridized carbons (Fsp3) is 0.125. The Labute approximate surface area is 159 Å². The highest BCUT2D eigenvalue weighted by Gasteiger charge is 2.40. The van der Waals surface area contributed by atoms with Gasteiger partial charge in [0.1, 0.15) is 0 Å². The second kappa shape index (κ2) is 7.12. The lowest BCUT2D eigenvalue weighted by molar-refractivity contribution is -0.130. The molecule has 1 aliphatic rings. The van der Waals surface area contributed by atoms with E-state index >= 15 is 0 Å². The Balaban J connectivity index is 1.81. The second-order valence-electron chi connectivity index (χ2n) is 6.86. The fourth-order valence-corrected chi connectivity index (χ4v) is 3.61. The van der Waals surface area contributed by atoms with Crippen LogP contribution in [0, 0.1) is 6.92 Å². The van der Waals surface area contributed by atoms with Crippen LogP contribution < -0.4 is 0 Å². The highest BCUT2D eigenvalue weighted by atomic mass is 16.3. The first-order valence-electron chi connectivity index (χ1n) is 9.05. The van der Waals surface area contributed by atoms with Gasteiger partial charge in [0.15, 0.2) is 5.76 Å². The maximum atomic E-state index is 13.0. The molecule has 0 aromatic heterocycles. The van der Waals surface area contributed by atoms with Crippen molar-refractivity contribution in [1.82, 2.24) is 4.90 Å². The van der Waals surface area contributed by atoms with E-state index in [1.165, 1.54) is 0 Å². The topological polar surface area (TPSA) is 40.5 Å². The van der Waals surface area contributed by atoms with Crippen LogP contribution in [0.4, 0.5) is 0 Å². The largest absolute Gasteiger partial charge is 0.503 e. The van der Waals surface area contributed by atoms with Crippen molar-refractivity contribution in [2.45, 2.75) is 19.5 Å². The molecule has 0 saturated carbocycles. The van der Waals surface area contributed by atoms with E-state index in [2.05, 4.69) is 0 Å². The van der Waals surface area contributed by atoms with Crippen molar-refractivity contribution >= 4 is 11.5 Å². The predicted molar refractivity (Wildman–Crippen MR) is 107 cm³/mol. The molecule has 0 aliphatic carbocycles. The third-order valence-electron chi connectivity index (χ3n) is 4.98. The molecule has 1 atom stereocenters. The molecule has 0 radical (unpaired) electrons. The number of carbonyl (C=O) groups excluding carboxylic acids is 1. The zero-order chi connectivity index (χ0) is 18.8. The van der Waals surface area contributed by atoms with Gasteiger partial charge in [-0.25, -0.2) is 0 Å². The van der Waals surface area contributed by atoms with Crippen LogP contribution in [-0.4, -0.2) is 15.9 Å². The molecule has 1 unspecified atom stereocenters. The van der Waals surface area contributed by atoms with Crippen LogP contribution in [0.3, 0.4) is 0 Å². The summed E-state index contributed by atoms with van der Waals surface area (Å²) in [7, 11) is 0. The van der Waals surface area contributed by atoms with E-state index in [-0.39, 0.29) is 17.7 Å². The highest BCUT2D eigenvalue weighted by Crippen LogP contribution is 2.43. The maximum Gasteiger partial charge on any atom is 0.290 e. The highest BCUT2D eigenvalue weighted by molar-refractivity contribution is 6.05. The number of benzene rings is 3. The van der Waals surface area contributed by atoms with Crippen molar-refractivity contribution in [3.05, 3.63) is 113 Å². The normalized spacial score (nSPS) is 16.9. The first kappa shape index (κ1) is 17.1. The summed E-state index contributed by atoms with van der Waals surface area (Å²) in [6, 6.07) is 27.4. The molecule has 0 saturated heterocycles. The van der Waals surface area contributed by atoms with Gasteiger partial charge < -0.3 is 10.0 Å². The number of amides is 1. The smallest absolute Gasteiger partial charge is 0.290 e. The average Bonchev–Trinajstić information content (AvgIpc) is 2.95. The standard InChI is InChI=1S/C24H21NO2/c1-17-12-14-19(15-13-17)21-22(20-10-6-3-7-11-20)25(24(27)23(21)26)16-18-8-4-2-5-9-18/h2-15,22,26H,16H2,1H3. The zero-order valence-corrected chi connectivity index (χ0v) is 15.2. The molecule has 1 heterocycles. The maximum absolute atomic E-state index is 13.0. The number of hydrogen-bond acceptors (Lipinski definition) is 2. The van der Waals surface area contributed by atoms with Crippen LogP contribution in [-0.2, 0) is 11.3 Å². The molecule has 3 heteroatoms. The van der Waals surface area contributed by atoms with Crippen molar-refractivity contribution in [3.63, 3.8) is 0 Å². The van der Waals surface area contributed by atoms with Crippen molar-refractivity contribution in [1.29, 1.82) is 0 Å². The molecular weight excluding hydrogens is 334 g/mol. The number of rotatable bonds is 4. The van der Waals surface area contributed by atoms with Crippen molar-refractivity contribution in [2.75, 3.05) is 0 Å². The lowest BCUT2D eigenvalue weighted by Gasteiger charge is -2.27. The molecule has 27 heavy (non-hydrogen) atoms. The molecule has 3 aromatic carbocycles. The van der Waals surface area contributed by atoms with Crippen LogP contribution in [0.1, 0.15) is 28.3 Å². The predicted octanol–water partition coefficient (Wildman–Crippen LogP) is 5.05. The first-order chi connectivity index (χ1) is 13.1. The third-order valence-corrected chi connectivity index (χ3v) is 4.98. The van der Waals surface area contributed by atoms with Gasteiger partial charge in [0.05, 0.1) is 6.04 Å². The minimum Gasteiger partial charge on any atom is -0.503 e. The van der Waals surface area contributed by atoms with Gasteiger partial charge >= 0.3 is 0 Å². The minimum atomic E-state index is -0.330. The van der Waals surface area contributed by atoms with Gasteiger partial charge in [-0.2, -0.15) is 0 Å². The summed E-state index contributed by atoms with van der Waals surface area (Å²) in [6.45, 7) is 2.47. The quantitative estimate of drug-likeness (QED) is 0.711. The monoisotopic (exact) mass is 355 g/mol. The van der Waals surface area contributed by atoms with E-state index in [4.69, 9.17) is 0 Å². The fourth-order valence-electron chi connectivity index (χ4n) is 3.61. The van der Waals surface area contributed by atoms with Gasteiger partial charge in [-0.05, 0) is 23.6 Å². The summed E-state index contributed by atoms with van der Waals surface area (Å²) >= 11 is 0. The molecule has 3 aromatic rings. The molecule has 0 spiro atoms. The Morgan fingerprint density at radius 3 is 2.07 bits per heavy atom. The van der Waals surface area contributed by atoms with Crippen LogP contribution in [0.5, 0.6) is 0 Å². The molecular formula is C24H21NO2. The molecule has 1 aliphatic heterocycles. The SMILES string of the molecule is Cc1ccc(C2=C(O)C(=O)N(Cc3ccccc3)C2c2ccccc2)cc1. The Morgan fingerprint density at radius 2 is 1.44 bits per heavy atom. The van der Waals surface area contributed by atoms with E-state index in [0.29, 0.717) is 12.1 Å². The Bertz CT molecular complexity index is 976. The lowest BCUT2D eigenvalue weighted by Crippen LogP contribution is -2.29. The lowest BCUT2D eigenvalue weighted by atomic mass is 9.93. The first-order valence-corrected chi connectivity index (χ1v) is 9.05. The summed E-state index contributed by atoms with van der Waals surface area (Å²) in [5, 5.41) is 10.7. The summed E-state index contributed by atoms with van der Waals surface area (Å²) in [4.78, 5) is 14.7. The van der Waals surface area contributed by atoms with E-state index in [9.17, 15) is 9.90 Å². The molecule has 0 bridgehead atoms. The van der Waals surface area contributed by atoms with Gasteiger partial charge in [-0.15, -0.1) is 0 Å².